The molecule has 5 rings (SSSR count). The Labute approximate surface area is 168 Å². The molecular formula is C20H24N8O. The number of piperidine rings is 1. The van der Waals surface area contributed by atoms with Gasteiger partial charge in [0.2, 0.25) is 0 Å². The van der Waals surface area contributed by atoms with Crippen molar-refractivity contribution < 1.29 is 0 Å². The average molecular weight is 392 g/mol. The lowest BCUT2D eigenvalue weighted by molar-refractivity contribution is 0.333. The number of rotatable bonds is 4. The van der Waals surface area contributed by atoms with E-state index in [0.717, 1.165) is 44.6 Å². The molecule has 29 heavy (non-hydrogen) atoms. The van der Waals surface area contributed by atoms with Crippen LogP contribution in [0.2, 0.25) is 0 Å². The molecule has 2 aliphatic rings. The normalized spacial score (nSPS) is 17.3. The van der Waals surface area contributed by atoms with Crippen molar-refractivity contribution in [3.8, 4) is 5.82 Å². The van der Waals surface area contributed by atoms with Gasteiger partial charge in [0.05, 0.1) is 5.69 Å². The summed E-state index contributed by atoms with van der Waals surface area (Å²) in [4.78, 5) is 18.5. The predicted molar refractivity (Wildman–Crippen MR) is 107 cm³/mol. The molecule has 0 N–H and O–H groups in total. The Morgan fingerprint density at radius 1 is 1.03 bits per heavy atom. The molecule has 3 aromatic heterocycles. The maximum absolute atomic E-state index is 12.3. The zero-order valence-corrected chi connectivity index (χ0v) is 16.3. The zero-order valence-electron chi connectivity index (χ0n) is 16.3. The van der Waals surface area contributed by atoms with E-state index < -0.39 is 0 Å². The standard InChI is InChI=1S/C20H24N8O/c29-20-6-5-18(28-14-21-13-22-28)25-27(20)12-15-7-9-26(10-8-15)19-11-16-3-1-2-4-17(16)23-24-19/h5-6,11,13-15H,1-4,7-10,12H2. The van der Waals surface area contributed by atoms with Gasteiger partial charge in [-0.2, -0.15) is 10.2 Å². The summed E-state index contributed by atoms with van der Waals surface area (Å²) >= 11 is 0. The van der Waals surface area contributed by atoms with Crippen molar-refractivity contribution in [1.29, 1.82) is 0 Å². The van der Waals surface area contributed by atoms with Crippen LogP contribution in [0.5, 0.6) is 0 Å². The molecule has 0 aromatic carbocycles. The van der Waals surface area contributed by atoms with Crippen molar-refractivity contribution in [2.75, 3.05) is 18.0 Å². The second-order valence-corrected chi connectivity index (χ2v) is 7.86. The fourth-order valence-corrected chi connectivity index (χ4v) is 4.24. The lowest BCUT2D eigenvalue weighted by Gasteiger charge is -2.33. The number of hydrogen-bond acceptors (Lipinski definition) is 7. The van der Waals surface area contributed by atoms with Crippen molar-refractivity contribution in [2.24, 2.45) is 5.92 Å². The van der Waals surface area contributed by atoms with E-state index in [1.807, 2.05) is 0 Å². The van der Waals surface area contributed by atoms with E-state index in [2.05, 4.69) is 36.3 Å². The third-order valence-electron chi connectivity index (χ3n) is 5.93. The van der Waals surface area contributed by atoms with E-state index in [9.17, 15) is 4.79 Å². The van der Waals surface area contributed by atoms with Crippen LogP contribution < -0.4 is 10.5 Å². The van der Waals surface area contributed by atoms with Gasteiger partial charge in [-0.15, -0.1) is 10.2 Å². The number of hydrogen-bond donors (Lipinski definition) is 0. The van der Waals surface area contributed by atoms with Crippen LogP contribution in [0, 0.1) is 5.92 Å². The zero-order chi connectivity index (χ0) is 19.6. The molecule has 0 bridgehead atoms. The van der Waals surface area contributed by atoms with Gasteiger partial charge in [-0.1, -0.05) is 0 Å². The molecule has 0 radical (unpaired) electrons. The van der Waals surface area contributed by atoms with Gasteiger partial charge in [0, 0.05) is 25.7 Å². The summed E-state index contributed by atoms with van der Waals surface area (Å²) in [6.45, 7) is 2.47. The van der Waals surface area contributed by atoms with Gasteiger partial charge in [-0.3, -0.25) is 4.79 Å². The molecular weight excluding hydrogens is 368 g/mol. The van der Waals surface area contributed by atoms with Crippen molar-refractivity contribution in [3.05, 3.63) is 52.5 Å². The van der Waals surface area contributed by atoms with E-state index in [-0.39, 0.29) is 5.56 Å². The summed E-state index contributed by atoms with van der Waals surface area (Å²) < 4.78 is 3.11. The second kappa shape index (κ2) is 7.73. The maximum atomic E-state index is 12.3. The Bertz CT molecular complexity index is 1040. The molecule has 0 atom stereocenters. The molecule has 9 heteroatoms. The first-order valence-corrected chi connectivity index (χ1v) is 10.3. The second-order valence-electron chi connectivity index (χ2n) is 7.86. The van der Waals surface area contributed by atoms with Gasteiger partial charge >= 0.3 is 0 Å². The van der Waals surface area contributed by atoms with Gasteiger partial charge < -0.3 is 4.90 Å². The van der Waals surface area contributed by atoms with Gasteiger partial charge in [0.25, 0.3) is 5.56 Å². The van der Waals surface area contributed by atoms with Crippen LogP contribution in [-0.4, -0.2) is 47.8 Å². The SMILES string of the molecule is O=c1ccc(-n2cncn2)nn1CC1CCN(c2cc3c(nn2)CCCC3)CC1. The van der Waals surface area contributed by atoms with Crippen molar-refractivity contribution >= 4 is 5.82 Å². The van der Waals surface area contributed by atoms with Crippen LogP contribution in [0.3, 0.4) is 0 Å². The van der Waals surface area contributed by atoms with Crippen molar-refractivity contribution in [1.82, 2.24) is 34.7 Å². The first-order chi connectivity index (χ1) is 14.3. The van der Waals surface area contributed by atoms with E-state index in [0.29, 0.717) is 18.3 Å². The third-order valence-corrected chi connectivity index (χ3v) is 5.93. The summed E-state index contributed by atoms with van der Waals surface area (Å²) in [5.41, 5.74) is 2.45. The van der Waals surface area contributed by atoms with E-state index in [1.54, 1.807) is 27.8 Å². The molecule has 1 aliphatic carbocycles. The minimum absolute atomic E-state index is 0.0863. The molecule has 150 valence electrons. The highest BCUT2D eigenvalue weighted by molar-refractivity contribution is 5.42. The topological polar surface area (TPSA) is 94.6 Å². The number of fused-ring (bicyclic) bond motifs is 1. The van der Waals surface area contributed by atoms with Crippen LogP contribution in [0.15, 0.2) is 35.6 Å². The van der Waals surface area contributed by atoms with Crippen LogP contribution >= 0.6 is 0 Å². The Balaban J connectivity index is 1.25. The first kappa shape index (κ1) is 18.0. The Morgan fingerprint density at radius 2 is 1.90 bits per heavy atom. The molecule has 0 saturated carbocycles. The van der Waals surface area contributed by atoms with Crippen LogP contribution in [0.25, 0.3) is 5.82 Å². The lowest BCUT2D eigenvalue weighted by Crippen LogP contribution is -2.37. The molecule has 0 unspecified atom stereocenters. The highest BCUT2D eigenvalue weighted by Gasteiger charge is 2.23. The fraction of sp³-hybridized carbons (Fsp3) is 0.500. The molecule has 1 saturated heterocycles. The molecule has 9 nitrogen and oxygen atoms in total. The summed E-state index contributed by atoms with van der Waals surface area (Å²) in [5.74, 6) is 2.00. The predicted octanol–water partition coefficient (Wildman–Crippen LogP) is 1.41. The fourth-order valence-electron chi connectivity index (χ4n) is 4.24. The smallest absolute Gasteiger partial charge is 0.266 e. The summed E-state index contributed by atoms with van der Waals surface area (Å²) in [6, 6.07) is 5.45. The van der Waals surface area contributed by atoms with Gasteiger partial charge in [-0.25, -0.2) is 14.3 Å². The average Bonchev–Trinajstić information content (AvgIpc) is 3.30. The van der Waals surface area contributed by atoms with Gasteiger partial charge in [0.15, 0.2) is 11.6 Å². The molecule has 1 fully saturated rings. The van der Waals surface area contributed by atoms with Gasteiger partial charge in [-0.05, 0) is 62.1 Å². The molecule has 0 amide bonds. The minimum Gasteiger partial charge on any atom is -0.355 e. The van der Waals surface area contributed by atoms with E-state index >= 15 is 0 Å². The van der Waals surface area contributed by atoms with E-state index in [4.69, 9.17) is 0 Å². The van der Waals surface area contributed by atoms with Crippen LogP contribution in [0.4, 0.5) is 5.82 Å². The molecule has 3 aromatic rings. The number of aromatic nitrogens is 7. The highest BCUT2D eigenvalue weighted by atomic mass is 16.1. The number of aryl methyl sites for hydroxylation is 2. The largest absolute Gasteiger partial charge is 0.355 e. The maximum Gasteiger partial charge on any atom is 0.266 e. The highest BCUT2D eigenvalue weighted by Crippen LogP contribution is 2.26. The van der Waals surface area contributed by atoms with E-state index in [1.165, 1.54) is 30.4 Å². The Kier molecular flexibility index (Phi) is 4.79. The van der Waals surface area contributed by atoms with Crippen molar-refractivity contribution in [2.45, 2.75) is 45.1 Å². The minimum atomic E-state index is -0.0863. The quantitative estimate of drug-likeness (QED) is 0.662. The summed E-state index contributed by atoms with van der Waals surface area (Å²) in [7, 11) is 0. The first-order valence-electron chi connectivity index (χ1n) is 10.3. The van der Waals surface area contributed by atoms with Crippen LogP contribution in [0.1, 0.15) is 36.9 Å². The summed E-state index contributed by atoms with van der Waals surface area (Å²) in [6.07, 6.45) is 9.67. The third kappa shape index (κ3) is 3.76. The molecule has 4 heterocycles. The number of anilines is 1. The Morgan fingerprint density at radius 3 is 2.72 bits per heavy atom. The van der Waals surface area contributed by atoms with Crippen molar-refractivity contribution in [3.63, 3.8) is 0 Å². The Hall–Kier alpha value is -3.10. The molecule has 0 spiro atoms. The monoisotopic (exact) mass is 392 g/mol. The van der Waals surface area contributed by atoms with Gasteiger partial charge in [0.1, 0.15) is 12.7 Å². The lowest BCUT2D eigenvalue weighted by atomic mass is 9.95. The molecule has 1 aliphatic heterocycles. The van der Waals surface area contributed by atoms with Crippen LogP contribution in [-0.2, 0) is 19.4 Å². The summed E-state index contributed by atoms with van der Waals surface area (Å²) in [5, 5.41) is 17.5. The number of nitrogens with zero attached hydrogens (tertiary/aromatic N) is 8.